The predicted molar refractivity (Wildman–Crippen MR) is 84.8 cm³/mol. The highest BCUT2D eigenvalue weighted by Gasteiger charge is 2.30. The topological polar surface area (TPSA) is 24.5 Å². The van der Waals surface area contributed by atoms with Crippen LogP contribution in [0.15, 0.2) is 24.3 Å². The molecule has 1 saturated carbocycles. The van der Waals surface area contributed by atoms with E-state index >= 15 is 0 Å². The fourth-order valence-electron chi connectivity index (χ4n) is 3.06. The molecule has 1 aliphatic carbocycles. The Morgan fingerprint density at radius 3 is 2.59 bits per heavy atom. The van der Waals surface area contributed by atoms with Crippen molar-refractivity contribution in [2.45, 2.75) is 31.9 Å². The van der Waals surface area contributed by atoms with E-state index in [9.17, 15) is 8.78 Å². The van der Waals surface area contributed by atoms with Crippen LogP contribution in [0.25, 0.3) is 0 Å². The van der Waals surface area contributed by atoms with Crippen LogP contribution in [0.2, 0.25) is 0 Å². The predicted octanol–water partition coefficient (Wildman–Crippen LogP) is 3.46. The van der Waals surface area contributed by atoms with E-state index in [1.54, 1.807) is 12.1 Å². The van der Waals surface area contributed by atoms with E-state index in [0.717, 1.165) is 44.1 Å². The second kappa shape index (κ2) is 8.09. The molecule has 1 aromatic carbocycles. The lowest BCUT2D eigenvalue weighted by atomic mass is 9.98. The Labute approximate surface area is 136 Å². The summed E-state index contributed by atoms with van der Waals surface area (Å²) in [6, 6.07) is 7.55. The van der Waals surface area contributed by atoms with Gasteiger partial charge in [0.1, 0.15) is 5.75 Å². The summed E-state index contributed by atoms with van der Waals surface area (Å²) in [6.45, 7) is 1.25. The molecule has 1 aliphatic heterocycles. The van der Waals surface area contributed by atoms with Crippen molar-refractivity contribution in [2.24, 2.45) is 5.92 Å². The third kappa shape index (κ3) is 4.80. The number of ether oxygens (including phenoxy) is 1. The van der Waals surface area contributed by atoms with E-state index in [4.69, 9.17) is 0 Å². The van der Waals surface area contributed by atoms with Gasteiger partial charge in [0.05, 0.1) is 0 Å². The van der Waals surface area contributed by atoms with Gasteiger partial charge in [0.15, 0.2) is 0 Å². The van der Waals surface area contributed by atoms with Crippen molar-refractivity contribution in [3.8, 4) is 5.75 Å². The molecule has 0 aromatic heterocycles. The maximum atomic E-state index is 12.4. The minimum atomic E-state index is -2.76. The number of nitrogens with zero attached hydrogens (tertiary/aromatic N) is 1. The lowest BCUT2D eigenvalue weighted by Crippen LogP contribution is -2.45. The molecular formula is C16H23ClF2N2O. The van der Waals surface area contributed by atoms with Gasteiger partial charge in [-0.05, 0) is 30.0 Å². The molecule has 1 aromatic rings. The summed E-state index contributed by atoms with van der Waals surface area (Å²) in [4.78, 5) is 2.47. The van der Waals surface area contributed by atoms with Crippen LogP contribution in [0, 0.1) is 5.92 Å². The van der Waals surface area contributed by atoms with E-state index in [2.05, 4.69) is 15.0 Å². The molecule has 1 saturated heterocycles. The van der Waals surface area contributed by atoms with Crippen LogP contribution in [0.1, 0.15) is 30.9 Å². The fraction of sp³-hybridized carbons (Fsp3) is 0.625. The summed E-state index contributed by atoms with van der Waals surface area (Å²) in [5.74, 6) is 1.06. The lowest BCUT2D eigenvalue weighted by molar-refractivity contribution is -0.0499. The Balaban J connectivity index is 0.00000176. The van der Waals surface area contributed by atoms with Crippen molar-refractivity contribution in [3.63, 3.8) is 0 Å². The van der Waals surface area contributed by atoms with Gasteiger partial charge in [-0.3, -0.25) is 4.90 Å². The van der Waals surface area contributed by atoms with E-state index < -0.39 is 6.61 Å². The van der Waals surface area contributed by atoms with Crippen LogP contribution in [0.5, 0.6) is 5.75 Å². The van der Waals surface area contributed by atoms with Crippen LogP contribution in [-0.2, 0) is 0 Å². The molecule has 0 radical (unpaired) electrons. The number of hydrogen-bond donors (Lipinski definition) is 1. The SMILES string of the molecule is Cl.FC(F)Oc1cccc([C@@H](CC2CC2)N2CCNCC2)c1. The second-order valence-electron chi connectivity index (χ2n) is 5.93. The average molecular weight is 333 g/mol. The molecular weight excluding hydrogens is 310 g/mol. The number of hydrogen-bond acceptors (Lipinski definition) is 3. The molecule has 0 amide bonds. The Morgan fingerprint density at radius 2 is 1.95 bits per heavy atom. The van der Waals surface area contributed by atoms with Crippen molar-refractivity contribution in [2.75, 3.05) is 26.2 Å². The highest BCUT2D eigenvalue weighted by molar-refractivity contribution is 5.85. The lowest BCUT2D eigenvalue weighted by Gasteiger charge is -2.35. The first-order chi connectivity index (χ1) is 10.2. The van der Waals surface area contributed by atoms with Crippen molar-refractivity contribution >= 4 is 12.4 Å². The van der Waals surface area contributed by atoms with E-state index in [1.807, 2.05) is 12.1 Å². The molecule has 2 fully saturated rings. The standard InChI is InChI=1S/C16H22F2N2O.ClH/c17-16(18)21-14-3-1-2-13(11-14)15(10-12-4-5-12)20-8-6-19-7-9-20;/h1-3,11-12,15-16,19H,4-10H2;1H/t15-;/m1./s1. The molecule has 0 bridgehead atoms. The summed E-state index contributed by atoms with van der Waals surface area (Å²) in [7, 11) is 0. The monoisotopic (exact) mass is 332 g/mol. The summed E-state index contributed by atoms with van der Waals surface area (Å²) in [5.41, 5.74) is 1.10. The number of nitrogens with one attached hydrogen (secondary N) is 1. The number of alkyl halides is 2. The molecule has 0 spiro atoms. The zero-order chi connectivity index (χ0) is 14.7. The third-order valence-electron chi connectivity index (χ3n) is 4.31. The zero-order valence-electron chi connectivity index (χ0n) is 12.5. The average Bonchev–Trinajstić information content (AvgIpc) is 3.29. The zero-order valence-corrected chi connectivity index (χ0v) is 13.3. The van der Waals surface area contributed by atoms with Gasteiger partial charge in [-0.15, -0.1) is 12.4 Å². The minimum Gasteiger partial charge on any atom is -0.435 e. The van der Waals surface area contributed by atoms with Gasteiger partial charge >= 0.3 is 6.61 Å². The Morgan fingerprint density at radius 1 is 1.23 bits per heavy atom. The molecule has 6 heteroatoms. The van der Waals surface area contributed by atoms with Gasteiger partial charge in [0.2, 0.25) is 0 Å². The molecule has 124 valence electrons. The van der Waals surface area contributed by atoms with Crippen molar-refractivity contribution in [1.29, 1.82) is 0 Å². The van der Waals surface area contributed by atoms with Crippen molar-refractivity contribution in [1.82, 2.24) is 10.2 Å². The Bertz CT molecular complexity index is 465. The molecule has 3 rings (SSSR count). The first-order valence-corrected chi connectivity index (χ1v) is 7.72. The van der Waals surface area contributed by atoms with Gasteiger partial charge in [-0.1, -0.05) is 25.0 Å². The second-order valence-corrected chi connectivity index (χ2v) is 5.93. The van der Waals surface area contributed by atoms with Crippen LogP contribution in [0.4, 0.5) is 8.78 Å². The Kier molecular flexibility index (Phi) is 6.41. The van der Waals surface area contributed by atoms with Crippen molar-refractivity contribution in [3.05, 3.63) is 29.8 Å². The number of halogens is 3. The van der Waals surface area contributed by atoms with Gasteiger partial charge in [0, 0.05) is 32.2 Å². The molecule has 22 heavy (non-hydrogen) atoms. The Hall–Kier alpha value is -0.910. The maximum Gasteiger partial charge on any atom is 0.387 e. The molecule has 0 unspecified atom stereocenters. The van der Waals surface area contributed by atoms with E-state index in [-0.39, 0.29) is 18.2 Å². The highest BCUT2D eigenvalue weighted by Crippen LogP contribution is 2.40. The first kappa shape index (κ1) is 17.4. The molecule has 1 atom stereocenters. The summed E-state index contributed by atoms with van der Waals surface area (Å²) in [6.07, 6.45) is 3.73. The van der Waals surface area contributed by atoms with Crippen LogP contribution in [0.3, 0.4) is 0 Å². The highest BCUT2D eigenvalue weighted by atomic mass is 35.5. The van der Waals surface area contributed by atoms with Gasteiger partial charge < -0.3 is 10.1 Å². The molecule has 2 aliphatic rings. The van der Waals surface area contributed by atoms with Crippen LogP contribution in [-0.4, -0.2) is 37.7 Å². The van der Waals surface area contributed by atoms with E-state index in [0.29, 0.717) is 6.04 Å². The molecule has 1 heterocycles. The van der Waals surface area contributed by atoms with Crippen molar-refractivity contribution < 1.29 is 13.5 Å². The maximum absolute atomic E-state index is 12.4. The van der Waals surface area contributed by atoms with Gasteiger partial charge in [0.25, 0.3) is 0 Å². The number of piperazine rings is 1. The first-order valence-electron chi connectivity index (χ1n) is 7.72. The number of benzene rings is 1. The third-order valence-corrected chi connectivity index (χ3v) is 4.31. The van der Waals surface area contributed by atoms with Crippen LogP contribution >= 0.6 is 12.4 Å². The molecule has 3 nitrogen and oxygen atoms in total. The van der Waals surface area contributed by atoms with E-state index in [1.165, 1.54) is 12.8 Å². The smallest absolute Gasteiger partial charge is 0.387 e. The largest absolute Gasteiger partial charge is 0.435 e. The van der Waals surface area contributed by atoms with Gasteiger partial charge in [-0.25, -0.2) is 0 Å². The fourth-order valence-corrected chi connectivity index (χ4v) is 3.06. The minimum absolute atomic E-state index is 0. The van der Waals surface area contributed by atoms with Gasteiger partial charge in [-0.2, -0.15) is 8.78 Å². The van der Waals surface area contributed by atoms with Crippen LogP contribution < -0.4 is 10.1 Å². The summed E-state index contributed by atoms with van der Waals surface area (Å²) >= 11 is 0. The quantitative estimate of drug-likeness (QED) is 0.863. The summed E-state index contributed by atoms with van der Waals surface area (Å²) in [5, 5.41) is 3.36. The number of rotatable bonds is 6. The normalized spacial score (nSPS) is 20.5. The molecule has 1 N–H and O–H groups in total. The summed E-state index contributed by atoms with van der Waals surface area (Å²) < 4.78 is 29.3.